The van der Waals surface area contributed by atoms with Gasteiger partial charge in [-0.15, -0.1) is 0 Å². The number of rotatable bonds is 3. The molecule has 0 spiro atoms. The van der Waals surface area contributed by atoms with Gasteiger partial charge in [0.05, 0.1) is 5.69 Å². The van der Waals surface area contributed by atoms with Crippen LogP contribution in [-0.4, -0.2) is 56.1 Å². The average molecular weight is 396 g/mol. The van der Waals surface area contributed by atoms with Crippen molar-refractivity contribution < 1.29 is 4.79 Å². The van der Waals surface area contributed by atoms with Gasteiger partial charge in [-0.1, -0.05) is 12.2 Å². The van der Waals surface area contributed by atoms with E-state index in [9.17, 15) is 10.1 Å². The van der Waals surface area contributed by atoms with E-state index in [2.05, 4.69) is 20.9 Å². The van der Waals surface area contributed by atoms with Crippen molar-refractivity contribution in [3.05, 3.63) is 51.8 Å². The maximum atomic E-state index is 12.1. The summed E-state index contributed by atoms with van der Waals surface area (Å²) in [6.45, 7) is 5.42. The summed E-state index contributed by atoms with van der Waals surface area (Å²) in [6, 6.07) is 12.0. The lowest BCUT2D eigenvalue weighted by atomic mass is 10.1. The molecule has 1 aliphatic rings. The lowest BCUT2D eigenvalue weighted by Crippen LogP contribution is -2.31. The molecule has 0 atom stereocenters. The first kappa shape index (κ1) is 19.9. The minimum Gasteiger partial charge on any atom is -0.370 e. The quantitative estimate of drug-likeness (QED) is 0.808. The molecule has 2 aromatic rings. The molecule has 1 aromatic heterocycles. The third-order valence-corrected chi connectivity index (χ3v) is 5.29. The van der Waals surface area contributed by atoms with E-state index in [4.69, 9.17) is 12.2 Å². The van der Waals surface area contributed by atoms with Crippen molar-refractivity contribution in [2.24, 2.45) is 0 Å². The summed E-state index contributed by atoms with van der Waals surface area (Å²) in [5.74, 6) is 0.00796. The zero-order chi connectivity index (χ0) is 20.3. The second-order valence-electron chi connectivity index (χ2n) is 7.23. The van der Waals surface area contributed by atoms with Gasteiger partial charge >= 0.3 is 0 Å². The summed E-state index contributed by atoms with van der Waals surface area (Å²) in [5, 5.41) is 9.53. The average Bonchev–Trinajstić information content (AvgIpc) is 2.93. The molecule has 1 aliphatic heterocycles. The van der Waals surface area contributed by atoms with Crippen molar-refractivity contribution in [3.8, 4) is 6.07 Å². The number of nitriles is 1. The van der Waals surface area contributed by atoms with E-state index in [0.717, 1.165) is 49.7 Å². The van der Waals surface area contributed by atoms with E-state index in [1.807, 2.05) is 37.3 Å². The number of H-pyrrole nitrogens is 1. The predicted octanol–water partition coefficient (Wildman–Crippen LogP) is 3.34. The smallest absolute Gasteiger partial charge is 0.253 e. The number of pyridine rings is 1. The monoisotopic (exact) mass is 395 g/mol. The van der Waals surface area contributed by atoms with Gasteiger partial charge in [-0.25, -0.2) is 0 Å². The van der Waals surface area contributed by atoms with Gasteiger partial charge in [0.15, 0.2) is 0 Å². The molecule has 0 saturated carbocycles. The number of hydrogen-bond donors (Lipinski definition) is 1. The molecule has 146 valence electrons. The van der Waals surface area contributed by atoms with Crippen molar-refractivity contribution in [3.63, 3.8) is 0 Å². The second kappa shape index (κ2) is 8.44. The molecule has 28 heavy (non-hydrogen) atoms. The molecular formula is C21H25N5OS. The van der Waals surface area contributed by atoms with Crippen LogP contribution in [0.5, 0.6) is 0 Å². The zero-order valence-corrected chi connectivity index (χ0v) is 17.3. The minimum absolute atomic E-state index is 0.00796. The highest BCUT2D eigenvalue weighted by atomic mass is 32.1. The molecule has 1 N–H and O–H groups in total. The van der Waals surface area contributed by atoms with Crippen LogP contribution in [0.15, 0.2) is 30.3 Å². The van der Waals surface area contributed by atoms with Gasteiger partial charge in [0, 0.05) is 57.2 Å². The van der Waals surface area contributed by atoms with Gasteiger partial charge in [-0.2, -0.15) is 5.26 Å². The molecule has 1 saturated heterocycles. The number of anilines is 2. The van der Waals surface area contributed by atoms with Crippen LogP contribution < -0.4 is 9.80 Å². The lowest BCUT2D eigenvalue weighted by Gasteiger charge is -2.26. The molecule has 0 radical (unpaired) electrons. The van der Waals surface area contributed by atoms with Crippen molar-refractivity contribution in [1.82, 2.24) is 9.88 Å². The molecule has 3 rings (SSSR count). The largest absolute Gasteiger partial charge is 0.370 e. The van der Waals surface area contributed by atoms with Crippen LogP contribution in [0.2, 0.25) is 0 Å². The highest BCUT2D eigenvalue weighted by Gasteiger charge is 2.19. The highest BCUT2D eigenvalue weighted by Crippen LogP contribution is 2.25. The predicted molar refractivity (Wildman–Crippen MR) is 115 cm³/mol. The molecule has 0 bridgehead atoms. The second-order valence-corrected chi connectivity index (χ2v) is 7.64. The number of aryl methyl sites for hydroxylation is 1. The fourth-order valence-corrected chi connectivity index (χ4v) is 3.83. The van der Waals surface area contributed by atoms with Crippen molar-refractivity contribution in [1.29, 1.82) is 5.26 Å². The fourth-order valence-electron chi connectivity index (χ4n) is 3.52. The van der Waals surface area contributed by atoms with Crippen LogP contribution in [0.1, 0.15) is 28.0 Å². The third kappa shape index (κ3) is 4.18. The topological polar surface area (TPSA) is 66.4 Å². The van der Waals surface area contributed by atoms with Crippen LogP contribution in [0.3, 0.4) is 0 Å². The van der Waals surface area contributed by atoms with E-state index < -0.39 is 0 Å². The van der Waals surface area contributed by atoms with Crippen LogP contribution in [0, 0.1) is 22.9 Å². The van der Waals surface area contributed by atoms with E-state index >= 15 is 0 Å². The molecule has 2 heterocycles. The van der Waals surface area contributed by atoms with Crippen molar-refractivity contribution in [2.45, 2.75) is 13.3 Å². The van der Waals surface area contributed by atoms with Gasteiger partial charge < -0.3 is 19.7 Å². The number of carbonyl (C=O) groups excluding carboxylic acids is 1. The molecule has 6 nitrogen and oxygen atoms in total. The van der Waals surface area contributed by atoms with E-state index in [1.54, 1.807) is 19.0 Å². The lowest BCUT2D eigenvalue weighted by molar-refractivity contribution is 0.0827. The normalized spacial score (nSPS) is 14.4. The Balaban J connectivity index is 1.77. The van der Waals surface area contributed by atoms with E-state index in [0.29, 0.717) is 15.8 Å². The number of nitrogens with one attached hydrogen (secondary N) is 1. The standard InChI is InChI=1S/C21H25N5OS/c1-15-13-19(18(14-22)20(28)23-15)26-10-4-9-25(11-12-26)17-7-5-16(6-8-17)21(27)24(2)3/h5-8,13H,4,9-12H2,1-3H3,(H,23,28). The Bertz CT molecular complexity index is 958. The first-order chi connectivity index (χ1) is 13.4. The number of hydrogen-bond acceptors (Lipinski definition) is 5. The van der Waals surface area contributed by atoms with Crippen molar-refractivity contribution >= 4 is 29.5 Å². The summed E-state index contributed by atoms with van der Waals surface area (Å²) in [4.78, 5) is 21.3. The van der Waals surface area contributed by atoms with Crippen LogP contribution in [-0.2, 0) is 0 Å². The summed E-state index contributed by atoms with van der Waals surface area (Å²) >= 11 is 5.33. The summed E-state index contributed by atoms with van der Waals surface area (Å²) in [7, 11) is 3.51. The molecule has 0 aliphatic carbocycles. The highest BCUT2D eigenvalue weighted by molar-refractivity contribution is 7.71. The van der Waals surface area contributed by atoms with Gasteiger partial charge in [-0.3, -0.25) is 4.79 Å². The minimum atomic E-state index is 0.00796. The van der Waals surface area contributed by atoms with Crippen LogP contribution in [0.4, 0.5) is 11.4 Å². The number of nitrogens with zero attached hydrogens (tertiary/aromatic N) is 4. The van der Waals surface area contributed by atoms with Gasteiger partial charge in [0.1, 0.15) is 16.3 Å². The molecule has 1 fully saturated rings. The maximum Gasteiger partial charge on any atom is 0.253 e. The molecule has 1 amide bonds. The SMILES string of the molecule is Cc1cc(N2CCCN(c3ccc(C(=O)N(C)C)cc3)CC2)c(C#N)c(=S)[nH]1. The Morgan fingerprint density at radius 2 is 1.79 bits per heavy atom. The van der Waals surface area contributed by atoms with E-state index in [-0.39, 0.29) is 5.91 Å². The number of carbonyl (C=O) groups is 1. The molecule has 1 aromatic carbocycles. The number of amides is 1. The van der Waals surface area contributed by atoms with Crippen LogP contribution in [0.25, 0.3) is 0 Å². The van der Waals surface area contributed by atoms with Gasteiger partial charge in [0.25, 0.3) is 5.91 Å². The zero-order valence-electron chi connectivity index (χ0n) is 16.5. The Morgan fingerprint density at radius 1 is 1.14 bits per heavy atom. The summed E-state index contributed by atoms with van der Waals surface area (Å²) in [5.41, 5.74) is 4.22. The first-order valence-corrected chi connectivity index (χ1v) is 9.77. The molecular weight excluding hydrogens is 370 g/mol. The fraction of sp³-hybridized carbons (Fsp3) is 0.381. The van der Waals surface area contributed by atoms with Crippen LogP contribution >= 0.6 is 12.2 Å². The Kier molecular flexibility index (Phi) is 6.00. The Hall–Kier alpha value is -2.85. The van der Waals surface area contributed by atoms with Gasteiger partial charge in [-0.05, 0) is 43.7 Å². The third-order valence-electron chi connectivity index (χ3n) is 4.98. The maximum absolute atomic E-state index is 12.1. The first-order valence-electron chi connectivity index (χ1n) is 9.36. The Labute approximate surface area is 171 Å². The van der Waals surface area contributed by atoms with Gasteiger partial charge in [0.2, 0.25) is 0 Å². The molecule has 0 unspecified atom stereocenters. The summed E-state index contributed by atoms with van der Waals surface area (Å²) in [6.07, 6.45) is 0.980. The van der Waals surface area contributed by atoms with E-state index in [1.165, 1.54) is 0 Å². The summed E-state index contributed by atoms with van der Waals surface area (Å²) < 4.78 is 0.500. The molecule has 7 heteroatoms. The number of aromatic nitrogens is 1. The Morgan fingerprint density at radius 3 is 2.43 bits per heavy atom. The van der Waals surface area contributed by atoms with Crippen molar-refractivity contribution in [2.75, 3.05) is 50.1 Å². The number of benzene rings is 1. The number of aromatic amines is 1.